The molecule has 1 aromatic rings. The number of ether oxygens (including phenoxy) is 2. The minimum atomic E-state index is -2.92. The van der Waals surface area contributed by atoms with E-state index in [1.807, 2.05) is 4.90 Å². The number of hydrogen-bond acceptors (Lipinski definition) is 3. The lowest BCUT2D eigenvalue weighted by atomic mass is 9.76. The average molecular weight is 323 g/mol. The van der Waals surface area contributed by atoms with Gasteiger partial charge < -0.3 is 14.4 Å². The summed E-state index contributed by atoms with van der Waals surface area (Å²) >= 11 is 0. The molecule has 0 unspecified atom stereocenters. The molecule has 0 spiro atoms. The molecule has 3 fully saturated rings. The van der Waals surface area contributed by atoms with Gasteiger partial charge in [0.15, 0.2) is 11.5 Å². The summed E-state index contributed by atoms with van der Waals surface area (Å²) in [4.78, 5) is 14.7. The Morgan fingerprint density at radius 1 is 1.26 bits per heavy atom. The number of benzene rings is 1. The average Bonchev–Trinajstić information content (AvgIpc) is 3.03. The SMILES string of the molecule is COc1cc(C(=O)N2C[C@@H]3[C@H]4CC[C@@H](C4)[C@H]32)ccc1OC(F)F. The standard InChI is InChI=1S/C17H19F2NO3/c1-22-14-7-11(4-5-13(14)23-17(18)19)16(21)20-8-12-9-2-3-10(6-9)15(12)20/h4-5,7,9-10,12,15,17H,2-3,6,8H2,1H3/t9-,10-,12+,15+/m0/s1. The third-order valence-electron chi connectivity index (χ3n) is 5.70. The van der Waals surface area contributed by atoms with Crippen molar-refractivity contribution in [2.24, 2.45) is 17.8 Å². The van der Waals surface area contributed by atoms with E-state index in [1.165, 1.54) is 44.6 Å². The van der Waals surface area contributed by atoms with Crippen LogP contribution in [0.2, 0.25) is 0 Å². The van der Waals surface area contributed by atoms with Crippen LogP contribution in [0.15, 0.2) is 18.2 Å². The first-order valence-corrected chi connectivity index (χ1v) is 8.02. The molecule has 2 bridgehead atoms. The second kappa shape index (κ2) is 5.35. The van der Waals surface area contributed by atoms with Gasteiger partial charge >= 0.3 is 6.61 Å². The molecule has 1 aliphatic heterocycles. The first kappa shape index (κ1) is 14.7. The number of methoxy groups -OCH3 is 1. The smallest absolute Gasteiger partial charge is 0.387 e. The van der Waals surface area contributed by atoms with Crippen LogP contribution in [0.5, 0.6) is 11.5 Å². The summed E-state index contributed by atoms with van der Waals surface area (Å²) in [7, 11) is 1.37. The molecular weight excluding hydrogens is 304 g/mol. The number of carbonyl (C=O) groups is 1. The fourth-order valence-corrected chi connectivity index (χ4v) is 4.71. The van der Waals surface area contributed by atoms with Crippen LogP contribution >= 0.6 is 0 Å². The maximum absolute atomic E-state index is 12.7. The molecule has 1 aromatic carbocycles. The predicted octanol–water partition coefficient (Wildman–Crippen LogP) is 3.17. The molecule has 0 radical (unpaired) electrons. The van der Waals surface area contributed by atoms with E-state index in [1.54, 1.807) is 0 Å². The zero-order valence-corrected chi connectivity index (χ0v) is 12.9. The van der Waals surface area contributed by atoms with Gasteiger partial charge in [0.2, 0.25) is 0 Å². The molecule has 1 heterocycles. The molecular formula is C17H19F2NO3. The highest BCUT2D eigenvalue weighted by molar-refractivity contribution is 5.95. The van der Waals surface area contributed by atoms with Gasteiger partial charge in [0.05, 0.1) is 7.11 Å². The fourth-order valence-electron chi connectivity index (χ4n) is 4.71. The van der Waals surface area contributed by atoms with Crippen LogP contribution in [0.4, 0.5) is 8.78 Å². The molecule has 4 atom stereocenters. The summed E-state index contributed by atoms with van der Waals surface area (Å²) in [6.07, 6.45) is 3.78. The Morgan fingerprint density at radius 3 is 2.74 bits per heavy atom. The molecule has 1 saturated heterocycles. The van der Waals surface area contributed by atoms with E-state index in [9.17, 15) is 13.6 Å². The van der Waals surface area contributed by atoms with Crippen LogP contribution in [-0.2, 0) is 0 Å². The first-order valence-electron chi connectivity index (χ1n) is 8.02. The summed E-state index contributed by atoms with van der Waals surface area (Å²) in [6.45, 7) is -2.10. The monoisotopic (exact) mass is 323 g/mol. The van der Waals surface area contributed by atoms with Gasteiger partial charge in [0, 0.05) is 24.1 Å². The Kier molecular flexibility index (Phi) is 3.43. The lowest BCUT2D eigenvalue weighted by molar-refractivity contribution is -0.0512. The van der Waals surface area contributed by atoms with Gasteiger partial charge in [0.25, 0.3) is 5.91 Å². The second-order valence-corrected chi connectivity index (χ2v) is 6.69. The van der Waals surface area contributed by atoms with Gasteiger partial charge in [-0.2, -0.15) is 8.78 Å². The highest BCUT2D eigenvalue weighted by Gasteiger charge is 2.57. The Hall–Kier alpha value is -1.85. The normalized spacial score (nSPS) is 31.0. The minimum Gasteiger partial charge on any atom is -0.493 e. The van der Waals surface area contributed by atoms with Gasteiger partial charge in [-0.3, -0.25) is 4.79 Å². The second-order valence-electron chi connectivity index (χ2n) is 6.69. The van der Waals surface area contributed by atoms with E-state index in [0.29, 0.717) is 23.4 Å². The van der Waals surface area contributed by atoms with E-state index >= 15 is 0 Å². The van der Waals surface area contributed by atoms with Crippen molar-refractivity contribution in [2.45, 2.75) is 31.9 Å². The Morgan fingerprint density at radius 2 is 2.04 bits per heavy atom. The number of alkyl halides is 2. The van der Waals surface area contributed by atoms with Crippen molar-refractivity contribution in [2.75, 3.05) is 13.7 Å². The van der Waals surface area contributed by atoms with Gasteiger partial charge in [0.1, 0.15) is 0 Å². The lowest BCUT2D eigenvalue weighted by Crippen LogP contribution is -2.60. The van der Waals surface area contributed by atoms with Crippen LogP contribution in [-0.4, -0.2) is 37.1 Å². The third-order valence-corrected chi connectivity index (χ3v) is 5.70. The van der Waals surface area contributed by atoms with Crippen LogP contribution in [0.3, 0.4) is 0 Å². The quantitative estimate of drug-likeness (QED) is 0.854. The molecule has 0 N–H and O–H groups in total. The molecule has 6 heteroatoms. The van der Waals surface area contributed by atoms with Gasteiger partial charge in [-0.1, -0.05) is 0 Å². The molecule has 124 valence electrons. The molecule has 2 saturated carbocycles. The molecule has 0 aromatic heterocycles. The lowest BCUT2D eigenvalue weighted by Gasteiger charge is -2.50. The molecule has 1 amide bonds. The number of nitrogens with zero attached hydrogens (tertiary/aromatic N) is 1. The summed E-state index contributed by atoms with van der Waals surface area (Å²) in [6, 6.07) is 4.77. The fraction of sp³-hybridized carbons (Fsp3) is 0.588. The maximum Gasteiger partial charge on any atom is 0.387 e. The van der Waals surface area contributed by atoms with Crippen molar-refractivity contribution in [3.63, 3.8) is 0 Å². The zero-order chi connectivity index (χ0) is 16.1. The Balaban J connectivity index is 1.53. The number of amides is 1. The van der Waals surface area contributed by atoms with E-state index < -0.39 is 6.61 Å². The summed E-state index contributed by atoms with van der Waals surface area (Å²) in [5, 5.41) is 0. The largest absolute Gasteiger partial charge is 0.493 e. The van der Waals surface area contributed by atoms with Gasteiger partial charge in [-0.05, 0) is 49.3 Å². The van der Waals surface area contributed by atoms with Crippen LogP contribution in [0.25, 0.3) is 0 Å². The highest BCUT2D eigenvalue weighted by atomic mass is 19.3. The van der Waals surface area contributed by atoms with Gasteiger partial charge in [-0.25, -0.2) is 0 Å². The molecule has 2 aliphatic carbocycles. The van der Waals surface area contributed by atoms with Crippen molar-refractivity contribution in [1.82, 2.24) is 4.90 Å². The topological polar surface area (TPSA) is 38.8 Å². The van der Waals surface area contributed by atoms with Crippen LogP contribution in [0, 0.1) is 17.8 Å². The number of carbonyl (C=O) groups excluding carboxylic acids is 1. The van der Waals surface area contributed by atoms with Crippen molar-refractivity contribution in [1.29, 1.82) is 0 Å². The van der Waals surface area contributed by atoms with Crippen LogP contribution in [0.1, 0.15) is 29.6 Å². The maximum atomic E-state index is 12.7. The van der Waals surface area contributed by atoms with Crippen LogP contribution < -0.4 is 9.47 Å². The van der Waals surface area contributed by atoms with E-state index in [4.69, 9.17) is 4.74 Å². The Bertz CT molecular complexity index is 634. The number of halogens is 2. The molecule has 23 heavy (non-hydrogen) atoms. The van der Waals surface area contributed by atoms with E-state index in [-0.39, 0.29) is 17.4 Å². The zero-order valence-electron chi connectivity index (χ0n) is 12.9. The number of hydrogen-bond donors (Lipinski definition) is 0. The van der Waals surface area contributed by atoms with Crippen molar-refractivity contribution < 1.29 is 23.0 Å². The highest BCUT2D eigenvalue weighted by Crippen LogP contribution is 2.55. The van der Waals surface area contributed by atoms with Crippen molar-refractivity contribution in [3.05, 3.63) is 23.8 Å². The van der Waals surface area contributed by atoms with E-state index in [0.717, 1.165) is 12.5 Å². The first-order chi connectivity index (χ1) is 11.1. The number of likely N-dealkylation sites (tertiary alicyclic amines) is 1. The van der Waals surface area contributed by atoms with E-state index in [2.05, 4.69) is 4.74 Å². The number of rotatable bonds is 4. The predicted molar refractivity (Wildman–Crippen MR) is 78.8 cm³/mol. The minimum absolute atomic E-state index is 0.0410. The van der Waals surface area contributed by atoms with Crippen molar-refractivity contribution in [3.8, 4) is 11.5 Å². The summed E-state index contributed by atoms with van der Waals surface area (Å²) < 4.78 is 34.2. The summed E-state index contributed by atoms with van der Waals surface area (Å²) in [5.74, 6) is 2.17. The van der Waals surface area contributed by atoms with Crippen molar-refractivity contribution >= 4 is 5.91 Å². The molecule has 4 rings (SSSR count). The third kappa shape index (κ3) is 2.26. The molecule has 4 nitrogen and oxygen atoms in total. The molecule has 3 aliphatic rings. The Labute approximate surface area is 133 Å². The van der Waals surface area contributed by atoms with Gasteiger partial charge in [-0.15, -0.1) is 0 Å². The number of fused-ring (bicyclic) bond motifs is 5. The summed E-state index contributed by atoms with van der Waals surface area (Å²) in [5.41, 5.74) is 0.463.